The highest BCUT2D eigenvalue weighted by Crippen LogP contribution is 2.38. The van der Waals surface area contributed by atoms with Crippen LogP contribution in [0.3, 0.4) is 0 Å². The first-order chi connectivity index (χ1) is 14.1. The first-order valence-corrected chi connectivity index (χ1v) is 11.6. The summed E-state index contributed by atoms with van der Waals surface area (Å²) < 4.78 is 12.5. The van der Waals surface area contributed by atoms with Crippen molar-refractivity contribution in [2.45, 2.75) is 34.2 Å². The van der Waals surface area contributed by atoms with E-state index in [1.54, 1.807) is 7.11 Å². The van der Waals surface area contributed by atoms with Gasteiger partial charge < -0.3 is 14.5 Å². The molecule has 0 fully saturated rings. The number of nitrogens with one attached hydrogen (secondary N) is 1. The summed E-state index contributed by atoms with van der Waals surface area (Å²) in [4.78, 5) is 11.7. The van der Waals surface area contributed by atoms with Crippen molar-refractivity contribution in [2.75, 3.05) is 19.4 Å². The molecule has 0 saturated heterocycles. The first-order valence-electron chi connectivity index (χ1n) is 8.96. The fraction of sp³-hybridized carbons (Fsp3) is 0.389. The van der Waals surface area contributed by atoms with Gasteiger partial charge in [0.15, 0.2) is 8.68 Å². The molecule has 0 aliphatic carbocycles. The fourth-order valence-electron chi connectivity index (χ4n) is 2.20. The Morgan fingerprint density at radius 3 is 2.69 bits per heavy atom. The van der Waals surface area contributed by atoms with Gasteiger partial charge in [-0.1, -0.05) is 41.8 Å². The van der Waals surface area contributed by atoms with Crippen LogP contribution in [-0.2, 0) is 4.79 Å². The van der Waals surface area contributed by atoms with Crippen LogP contribution in [0.4, 0.5) is 0 Å². The topological polar surface area (TPSA) is 103 Å². The third-order valence-corrected chi connectivity index (χ3v) is 6.92. The zero-order chi connectivity index (χ0) is 20.6. The minimum absolute atomic E-state index is 0.00606. The number of thioether (sulfide) groups is 2. The molecule has 3 aromatic rings. The molecular weight excluding hydrogens is 430 g/mol. The maximum atomic E-state index is 11.7. The molecule has 1 N–H and O–H groups in total. The van der Waals surface area contributed by atoms with Gasteiger partial charge in [-0.15, -0.1) is 20.4 Å². The van der Waals surface area contributed by atoms with Gasteiger partial charge in [-0.05, 0) is 37.6 Å². The molecule has 0 bridgehead atoms. The summed E-state index contributed by atoms with van der Waals surface area (Å²) >= 11 is 4.33. The van der Waals surface area contributed by atoms with E-state index in [9.17, 15) is 4.79 Å². The lowest BCUT2D eigenvalue weighted by molar-refractivity contribution is -0.118. The lowest BCUT2D eigenvalue weighted by Crippen LogP contribution is -2.25. The molecule has 0 saturated carbocycles. The number of hydrogen-bond donors (Lipinski definition) is 1. The lowest BCUT2D eigenvalue weighted by atomic mass is 10.2. The molecule has 2 aromatic heterocycles. The van der Waals surface area contributed by atoms with Crippen molar-refractivity contribution in [3.63, 3.8) is 0 Å². The molecule has 0 radical (unpaired) electrons. The molecule has 29 heavy (non-hydrogen) atoms. The highest BCUT2D eigenvalue weighted by atomic mass is 32.2. The normalized spacial score (nSPS) is 12.0. The van der Waals surface area contributed by atoms with E-state index in [0.29, 0.717) is 24.1 Å². The van der Waals surface area contributed by atoms with Crippen molar-refractivity contribution < 1.29 is 13.9 Å². The Bertz CT molecular complexity index is 929. The van der Waals surface area contributed by atoms with Crippen LogP contribution in [0.5, 0.6) is 5.75 Å². The Kier molecular flexibility index (Phi) is 7.90. The lowest BCUT2D eigenvalue weighted by Gasteiger charge is -2.02. The number of methoxy groups -OCH3 is 1. The molecule has 1 aromatic carbocycles. The van der Waals surface area contributed by atoms with Gasteiger partial charge in [0.2, 0.25) is 17.7 Å². The van der Waals surface area contributed by atoms with Crippen molar-refractivity contribution in [3.8, 4) is 17.2 Å². The number of nitrogens with zero attached hydrogens (tertiary/aromatic N) is 4. The van der Waals surface area contributed by atoms with Gasteiger partial charge in [0, 0.05) is 12.1 Å². The zero-order valence-corrected chi connectivity index (χ0v) is 18.7. The number of ether oxygens (including phenoxy) is 1. The maximum Gasteiger partial charge on any atom is 0.247 e. The Morgan fingerprint density at radius 2 is 1.97 bits per heavy atom. The van der Waals surface area contributed by atoms with Crippen molar-refractivity contribution in [1.82, 2.24) is 25.7 Å². The SMILES string of the molecule is CCCNC(=O)CSc1nnc(S[C@@H](C)c2nnc(-c3ccc(OC)cc3)o2)s1. The van der Waals surface area contributed by atoms with Crippen molar-refractivity contribution in [2.24, 2.45) is 0 Å². The fourth-order valence-corrected chi connectivity index (χ4v) is 5.22. The minimum atomic E-state index is -0.0758. The van der Waals surface area contributed by atoms with Crippen LogP contribution in [0.15, 0.2) is 37.4 Å². The van der Waals surface area contributed by atoms with Crippen LogP contribution in [0.2, 0.25) is 0 Å². The van der Waals surface area contributed by atoms with Crippen LogP contribution in [0.25, 0.3) is 11.5 Å². The van der Waals surface area contributed by atoms with Crippen LogP contribution >= 0.6 is 34.9 Å². The second kappa shape index (κ2) is 10.6. The predicted octanol–water partition coefficient (Wildman–Crippen LogP) is 4.07. The summed E-state index contributed by atoms with van der Waals surface area (Å²) in [5.74, 6) is 2.09. The molecule has 0 aliphatic rings. The molecule has 154 valence electrons. The van der Waals surface area contributed by atoms with Crippen molar-refractivity contribution >= 4 is 40.8 Å². The smallest absolute Gasteiger partial charge is 0.247 e. The Balaban J connectivity index is 1.55. The second-order valence-electron chi connectivity index (χ2n) is 5.91. The van der Waals surface area contributed by atoms with E-state index in [1.165, 1.54) is 34.9 Å². The largest absolute Gasteiger partial charge is 0.497 e. The number of rotatable bonds is 10. The molecule has 8 nitrogen and oxygen atoms in total. The van der Waals surface area contributed by atoms with Gasteiger partial charge in [-0.2, -0.15) is 0 Å². The maximum absolute atomic E-state index is 11.7. The summed E-state index contributed by atoms with van der Waals surface area (Å²) in [5, 5.41) is 19.4. The Labute approximate surface area is 181 Å². The summed E-state index contributed by atoms with van der Waals surface area (Å²) in [7, 11) is 1.62. The molecule has 3 rings (SSSR count). The van der Waals surface area contributed by atoms with Crippen LogP contribution in [0, 0.1) is 0 Å². The van der Waals surface area contributed by atoms with E-state index in [4.69, 9.17) is 9.15 Å². The van der Waals surface area contributed by atoms with E-state index in [2.05, 4.69) is 25.7 Å². The minimum Gasteiger partial charge on any atom is -0.497 e. The van der Waals surface area contributed by atoms with Gasteiger partial charge in [0.1, 0.15) is 5.75 Å². The number of carbonyl (C=O) groups excluding carboxylic acids is 1. The highest BCUT2D eigenvalue weighted by molar-refractivity contribution is 8.03. The van der Waals surface area contributed by atoms with Gasteiger partial charge in [0.05, 0.1) is 18.1 Å². The van der Waals surface area contributed by atoms with Gasteiger partial charge in [-0.3, -0.25) is 4.79 Å². The number of benzene rings is 1. The molecule has 1 amide bonds. The van der Waals surface area contributed by atoms with Crippen molar-refractivity contribution in [3.05, 3.63) is 30.2 Å². The van der Waals surface area contributed by atoms with Gasteiger partial charge in [0.25, 0.3) is 0 Å². The number of carbonyl (C=O) groups is 1. The molecule has 0 aliphatic heterocycles. The highest BCUT2D eigenvalue weighted by Gasteiger charge is 2.19. The van der Waals surface area contributed by atoms with Gasteiger partial charge >= 0.3 is 0 Å². The molecule has 0 spiro atoms. The second-order valence-corrected chi connectivity index (χ2v) is 9.69. The third kappa shape index (κ3) is 6.18. The first kappa shape index (κ1) is 21.6. The van der Waals surface area contributed by atoms with Crippen LogP contribution in [0.1, 0.15) is 31.4 Å². The Morgan fingerprint density at radius 1 is 1.21 bits per heavy atom. The van der Waals surface area contributed by atoms with E-state index >= 15 is 0 Å². The average molecular weight is 452 g/mol. The standard InChI is InChI=1S/C18H21N5O3S3/c1-4-9-19-14(24)10-27-17-22-23-18(29-17)28-11(2)15-20-21-16(26-15)12-5-7-13(25-3)8-6-12/h5-8,11H,4,9-10H2,1-3H3,(H,19,24)/t11-/m0/s1. The molecule has 1 atom stereocenters. The summed E-state index contributed by atoms with van der Waals surface area (Å²) in [5.41, 5.74) is 0.831. The van der Waals surface area contributed by atoms with Crippen LogP contribution in [-0.4, -0.2) is 45.7 Å². The third-order valence-electron chi connectivity index (χ3n) is 3.69. The number of aromatic nitrogens is 4. The molecule has 11 heteroatoms. The summed E-state index contributed by atoms with van der Waals surface area (Å²) in [6.45, 7) is 4.69. The van der Waals surface area contributed by atoms with E-state index in [1.807, 2.05) is 38.1 Å². The zero-order valence-electron chi connectivity index (χ0n) is 16.2. The van der Waals surface area contributed by atoms with E-state index in [-0.39, 0.29) is 11.2 Å². The average Bonchev–Trinajstić information content (AvgIpc) is 3.40. The molecule has 0 unspecified atom stereocenters. The quantitative estimate of drug-likeness (QED) is 0.457. The summed E-state index contributed by atoms with van der Waals surface area (Å²) in [6, 6.07) is 7.44. The van der Waals surface area contributed by atoms with E-state index < -0.39 is 0 Å². The van der Waals surface area contributed by atoms with E-state index in [0.717, 1.165) is 26.4 Å². The number of amides is 1. The summed E-state index contributed by atoms with van der Waals surface area (Å²) in [6.07, 6.45) is 0.920. The number of hydrogen-bond acceptors (Lipinski definition) is 10. The molecular formula is C18H21N5O3S3. The monoisotopic (exact) mass is 451 g/mol. The van der Waals surface area contributed by atoms with Crippen molar-refractivity contribution in [1.29, 1.82) is 0 Å². The molecule has 2 heterocycles. The van der Waals surface area contributed by atoms with Gasteiger partial charge in [-0.25, -0.2) is 0 Å². The Hall–Kier alpha value is -2.11. The predicted molar refractivity (Wildman–Crippen MR) is 114 cm³/mol. The van der Waals surface area contributed by atoms with Crippen LogP contribution < -0.4 is 10.1 Å².